The fourth-order valence-corrected chi connectivity index (χ4v) is 3.39. The Hall–Kier alpha value is -2.21. The van der Waals surface area contributed by atoms with E-state index in [1.54, 1.807) is 18.2 Å². The molecule has 2 amide bonds. The van der Waals surface area contributed by atoms with E-state index in [-0.39, 0.29) is 36.5 Å². The Morgan fingerprint density at radius 2 is 2.04 bits per heavy atom. The summed E-state index contributed by atoms with van der Waals surface area (Å²) < 4.78 is 14.9. The van der Waals surface area contributed by atoms with Gasteiger partial charge in [0.1, 0.15) is 5.82 Å². The molecular weight excluding hydrogens is 387 g/mol. The Morgan fingerprint density at radius 3 is 2.76 bits per heavy atom. The predicted molar refractivity (Wildman–Crippen MR) is 97.6 cm³/mol. The quantitative estimate of drug-likeness (QED) is 0.841. The van der Waals surface area contributed by atoms with Crippen LogP contribution in [0.2, 0.25) is 0 Å². The van der Waals surface area contributed by atoms with Crippen molar-refractivity contribution >= 4 is 33.4 Å². The second-order valence-corrected chi connectivity index (χ2v) is 7.06. The molecule has 0 aromatic heterocycles. The van der Waals surface area contributed by atoms with Gasteiger partial charge in [-0.2, -0.15) is 0 Å². The lowest BCUT2D eigenvalue weighted by Crippen LogP contribution is -2.34. The highest BCUT2D eigenvalue weighted by Crippen LogP contribution is 2.28. The van der Waals surface area contributed by atoms with E-state index < -0.39 is 11.7 Å². The molecule has 6 heteroatoms. The molecule has 0 bridgehead atoms. The average molecular weight is 405 g/mol. The van der Waals surface area contributed by atoms with Gasteiger partial charge in [0.15, 0.2) is 0 Å². The van der Waals surface area contributed by atoms with E-state index in [4.69, 9.17) is 0 Å². The van der Waals surface area contributed by atoms with Gasteiger partial charge in [0.25, 0.3) is 0 Å². The summed E-state index contributed by atoms with van der Waals surface area (Å²) in [5, 5.41) is 2.94. The molecule has 2 aromatic carbocycles. The molecule has 1 heterocycles. The molecule has 1 saturated heterocycles. The molecule has 2 aromatic rings. The molecule has 0 unspecified atom stereocenters. The fourth-order valence-electron chi connectivity index (χ4n) is 2.98. The van der Waals surface area contributed by atoms with Crippen molar-refractivity contribution in [1.82, 2.24) is 5.32 Å². The summed E-state index contributed by atoms with van der Waals surface area (Å²) in [5.74, 6) is -1.37. The van der Waals surface area contributed by atoms with Crippen LogP contribution in [-0.2, 0) is 9.59 Å². The number of carbonyl (C=O) groups is 2. The zero-order valence-corrected chi connectivity index (χ0v) is 15.3. The van der Waals surface area contributed by atoms with Crippen molar-refractivity contribution in [1.29, 1.82) is 0 Å². The smallest absolute Gasteiger partial charge is 0.227 e. The SMILES string of the molecule is C[C@@H](NC(=O)[C@H]1CC(=O)N(c2ccccc2F)C1)c1cccc(Br)c1. The Labute approximate surface area is 154 Å². The van der Waals surface area contributed by atoms with Crippen LogP contribution in [0.25, 0.3) is 0 Å². The number of anilines is 1. The number of hydrogen-bond donors (Lipinski definition) is 1. The molecule has 1 N–H and O–H groups in total. The minimum Gasteiger partial charge on any atom is -0.349 e. The van der Waals surface area contributed by atoms with E-state index in [1.165, 1.54) is 11.0 Å². The number of halogens is 2. The van der Waals surface area contributed by atoms with Crippen molar-refractivity contribution in [2.75, 3.05) is 11.4 Å². The molecule has 0 aliphatic carbocycles. The Morgan fingerprint density at radius 1 is 1.28 bits per heavy atom. The molecule has 2 atom stereocenters. The molecule has 130 valence electrons. The van der Waals surface area contributed by atoms with Gasteiger partial charge in [-0.15, -0.1) is 0 Å². The second kappa shape index (κ2) is 7.35. The van der Waals surface area contributed by atoms with Crippen molar-refractivity contribution in [3.8, 4) is 0 Å². The molecule has 1 aliphatic rings. The predicted octanol–water partition coefficient (Wildman–Crippen LogP) is 3.82. The number of hydrogen-bond acceptors (Lipinski definition) is 2. The lowest BCUT2D eigenvalue weighted by Gasteiger charge is -2.19. The van der Waals surface area contributed by atoms with Crippen LogP contribution >= 0.6 is 15.9 Å². The third-order valence-electron chi connectivity index (χ3n) is 4.35. The number of benzene rings is 2. The Balaban J connectivity index is 1.68. The lowest BCUT2D eigenvalue weighted by atomic mass is 10.1. The summed E-state index contributed by atoms with van der Waals surface area (Å²) in [4.78, 5) is 26.1. The van der Waals surface area contributed by atoms with Crippen LogP contribution in [0.15, 0.2) is 53.0 Å². The molecule has 25 heavy (non-hydrogen) atoms. The van der Waals surface area contributed by atoms with Gasteiger partial charge in [0.05, 0.1) is 17.6 Å². The van der Waals surface area contributed by atoms with Crippen LogP contribution in [0.1, 0.15) is 24.9 Å². The first-order valence-electron chi connectivity index (χ1n) is 8.06. The molecule has 0 radical (unpaired) electrons. The molecule has 0 spiro atoms. The van der Waals surface area contributed by atoms with Crippen LogP contribution in [0, 0.1) is 11.7 Å². The first kappa shape index (κ1) is 17.6. The zero-order valence-electron chi connectivity index (χ0n) is 13.7. The number of carbonyl (C=O) groups excluding carboxylic acids is 2. The topological polar surface area (TPSA) is 49.4 Å². The number of nitrogens with zero attached hydrogens (tertiary/aromatic N) is 1. The van der Waals surface area contributed by atoms with Crippen LogP contribution in [0.3, 0.4) is 0 Å². The second-order valence-electron chi connectivity index (χ2n) is 6.14. The Bertz CT molecular complexity index is 812. The van der Waals surface area contributed by atoms with Gasteiger partial charge in [-0.25, -0.2) is 4.39 Å². The van der Waals surface area contributed by atoms with E-state index in [2.05, 4.69) is 21.2 Å². The van der Waals surface area contributed by atoms with E-state index in [0.29, 0.717) is 0 Å². The highest BCUT2D eigenvalue weighted by atomic mass is 79.9. The highest BCUT2D eigenvalue weighted by molar-refractivity contribution is 9.10. The minimum absolute atomic E-state index is 0.0887. The van der Waals surface area contributed by atoms with E-state index >= 15 is 0 Å². The molecule has 1 aliphatic heterocycles. The maximum absolute atomic E-state index is 13.9. The third kappa shape index (κ3) is 3.90. The van der Waals surface area contributed by atoms with E-state index in [9.17, 15) is 14.0 Å². The summed E-state index contributed by atoms with van der Waals surface area (Å²) in [5.41, 5.74) is 1.20. The first-order chi connectivity index (χ1) is 12.0. The van der Waals surface area contributed by atoms with Crippen LogP contribution in [0.4, 0.5) is 10.1 Å². The van der Waals surface area contributed by atoms with Gasteiger partial charge in [0, 0.05) is 17.4 Å². The first-order valence-corrected chi connectivity index (χ1v) is 8.85. The van der Waals surface area contributed by atoms with Gasteiger partial charge >= 0.3 is 0 Å². The summed E-state index contributed by atoms with van der Waals surface area (Å²) >= 11 is 3.41. The fraction of sp³-hybridized carbons (Fsp3) is 0.263. The van der Waals surface area contributed by atoms with Crippen molar-refractivity contribution < 1.29 is 14.0 Å². The van der Waals surface area contributed by atoms with Gasteiger partial charge in [-0.1, -0.05) is 40.2 Å². The molecule has 1 fully saturated rings. The summed E-state index contributed by atoms with van der Waals surface area (Å²) in [6, 6.07) is 13.6. The normalized spacial score (nSPS) is 18.3. The molecular formula is C19H18BrFN2O2. The van der Waals surface area contributed by atoms with Crippen LogP contribution < -0.4 is 10.2 Å². The van der Waals surface area contributed by atoms with Gasteiger partial charge in [-0.05, 0) is 36.8 Å². The highest BCUT2D eigenvalue weighted by Gasteiger charge is 2.36. The van der Waals surface area contributed by atoms with Crippen molar-refractivity contribution in [2.24, 2.45) is 5.92 Å². The molecule has 4 nitrogen and oxygen atoms in total. The van der Waals surface area contributed by atoms with E-state index in [0.717, 1.165) is 10.0 Å². The number of rotatable bonds is 4. The average Bonchev–Trinajstić information content (AvgIpc) is 2.97. The monoisotopic (exact) mass is 404 g/mol. The number of para-hydroxylation sites is 1. The summed E-state index contributed by atoms with van der Waals surface area (Å²) in [6.07, 6.45) is 0.0887. The number of amides is 2. The molecule has 3 rings (SSSR count). The van der Waals surface area contributed by atoms with Gasteiger partial charge in [0.2, 0.25) is 11.8 Å². The summed E-state index contributed by atoms with van der Waals surface area (Å²) in [7, 11) is 0. The summed E-state index contributed by atoms with van der Waals surface area (Å²) in [6.45, 7) is 2.09. The zero-order chi connectivity index (χ0) is 18.0. The Kier molecular flexibility index (Phi) is 5.18. The lowest BCUT2D eigenvalue weighted by molar-refractivity contribution is -0.126. The molecule has 0 saturated carbocycles. The largest absolute Gasteiger partial charge is 0.349 e. The maximum atomic E-state index is 13.9. The minimum atomic E-state index is -0.485. The third-order valence-corrected chi connectivity index (χ3v) is 4.84. The number of nitrogens with one attached hydrogen (secondary N) is 1. The standard InChI is InChI=1S/C19H18BrFN2O2/c1-12(13-5-4-6-15(20)9-13)22-19(25)14-10-18(24)23(11-14)17-8-3-2-7-16(17)21/h2-9,12,14H,10-11H2,1H3,(H,22,25)/t12-,14+/m1/s1. The van der Waals surface area contributed by atoms with Gasteiger partial charge in [-0.3, -0.25) is 9.59 Å². The van der Waals surface area contributed by atoms with Gasteiger partial charge < -0.3 is 10.2 Å². The van der Waals surface area contributed by atoms with Crippen molar-refractivity contribution in [3.63, 3.8) is 0 Å². The van der Waals surface area contributed by atoms with Crippen LogP contribution in [0.5, 0.6) is 0 Å². The maximum Gasteiger partial charge on any atom is 0.227 e. The van der Waals surface area contributed by atoms with Crippen molar-refractivity contribution in [3.05, 3.63) is 64.4 Å². The van der Waals surface area contributed by atoms with Crippen LogP contribution in [-0.4, -0.2) is 18.4 Å². The van der Waals surface area contributed by atoms with Crippen molar-refractivity contribution in [2.45, 2.75) is 19.4 Å². The van der Waals surface area contributed by atoms with E-state index in [1.807, 2.05) is 31.2 Å².